The number of aromatic nitrogens is 1. The largest absolute Gasteiger partial charge is 0.393 e. The van der Waals surface area contributed by atoms with Crippen LogP contribution in [0.2, 0.25) is 0 Å². The number of aliphatic hydroxyl groups excluding tert-OH is 1. The van der Waals surface area contributed by atoms with Gasteiger partial charge in [-0.25, -0.2) is 19.1 Å². The molecule has 30 heavy (non-hydrogen) atoms. The molecule has 2 aromatic rings. The van der Waals surface area contributed by atoms with Gasteiger partial charge in [0, 0.05) is 12.0 Å². The van der Waals surface area contributed by atoms with Crippen LogP contribution in [-0.4, -0.2) is 37.8 Å². The standard InChI is InChI=1S/C19H22N4O5S2/c1-19(27,9-24)17-21-8-14(29-17)30(20,28)23-18(26)22-16-12-4-2-3-10(12)7-11-5-6-13(25)15(11)16/h7-8,24,27H,2-6,9H2,1H3,(H3,20,22,23,26,28)/t19-,30?/m0/s1. The molecule has 2 aliphatic rings. The number of hydrogen-bond donors (Lipinski definition) is 4. The Morgan fingerprint density at radius 2 is 2.13 bits per heavy atom. The molecule has 4 rings (SSSR count). The first-order valence-electron chi connectivity index (χ1n) is 9.48. The van der Waals surface area contributed by atoms with E-state index in [9.17, 15) is 24.0 Å². The number of fused-ring (bicyclic) bond motifs is 2. The van der Waals surface area contributed by atoms with Crippen molar-refractivity contribution >= 4 is 38.8 Å². The van der Waals surface area contributed by atoms with Crippen LogP contribution in [0.15, 0.2) is 20.8 Å². The molecule has 11 heteroatoms. The van der Waals surface area contributed by atoms with Gasteiger partial charge < -0.3 is 15.5 Å². The third-order valence-corrected chi connectivity index (χ3v) is 8.50. The first-order valence-corrected chi connectivity index (χ1v) is 11.9. The van der Waals surface area contributed by atoms with Gasteiger partial charge in [0.1, 0.15) is 14.8 Å². The van der Waals surface area contributed by atoms with E-state index in [0.29, 0.717) is 24.1 Å². The molecule has 0 radical (unpaired) electrons. The van der Waals surface area contributed by atoms with Gasteiger partial charge in [0.05, 0.1) is 18.5 Å². The molecule has 1 aromatic heterocycles. The van der Waals surface area contributed by atoms with Crippen LogP contribution in [0.1, 0.15) is 51.8 Å². The summed E-state index contributed by atoms with van der Waals surface area (Å²) in [4.78, 5) is 28.9. The smallest absolute Gasteiger partial charge is 0.354 e. The van der Waals surface area contributed by atoms with E-state index in [1.807, 2.05) is 6.07 Å². The molecule has 9 nitrogen and oxygen atoms in total. The van der Waals surface area contributed by atoms with Crippen LogP contribution in [0.25, 0.3) is 0 Å². The van der Waals surface area contributed by atoms with E-state index >= 15 is 0 Å². The first kappa shape index (κ1) is 21.1. The van der Waals surface area contributed by atoms with Crippen molar-refractivity contribution < 1.29 is 24.0 Å². The predicted octanol–water partition coefficient (Wildman–Crippen LogP) is 1.89. The fourth-order valence-corrected chi connectivity index (χ4v) is 5.94. The van der Waals surface area contributed by atoms with Crippen molar-refractivity contribution in [3.63, 3.8) is 0 Å². The zero-order valence-electron chi connectivity index (χ0n) is 16.3. The topological polar surface area (TPSA) is 155 Å². The highest BCUT2D eigenvalue weighted by Gasteiger charge is 2.30. The van der Waals surface area contributed by atoms with Crippen molar-refractivity contribution in [2.24, 2.45) is 9.50 Å². The molecule has 160 valence electrons. The summed E-state index contributed by atoms with van der Waals surface area (Å²) in [6.07, 6.45) is 4.79. The van der Waals surface area contributed by atoms with Crippen LogP contribution in [0.4, 0.5) is 10.5 Å². The average molecular weight is 451 g/mol. The van der Waals surface area contributed by atoms with Crippen molar-refractivity contribution in [2.45, 2.75) is 48.8 Å². The summed E-state index contributed by atoms with van der Waals surface area (Å²) < 4.78 is 16.5. The lowest BCUT2D eigenvalue weighted by Crippen LogP contribution is -2.25. The van der Waals surface area contributed by atoms with E-state index in [2.05, 4.69) is 14.7 Å². The van der Waals surface area contributed by atoms with Gasteiger partial charge in [-0.1, -0.05) is 6.07 Å². The van der Waals surface area contributed by atoms with Crippen LogP contribution in [0.5, 0.6) is 0 Å². The Morgan fingerprint density at radius 1 is 1.37 bits per heavy atom. The number of nitrogens with one attached hydrogen (secondary N) is 1. The van der Waals surface area contributed by atoms with E-state index in [4.69, 9.17) is 5.14 Å². The maximum Gasteiger partial charge on any atom is 0.354 e. The number of anilines is 1. The van der Waals surface area contributed by atoms with E-state index < -0.39 is 28.2 Å². The minimum atomic E-state index is -3.63. The molecule has 0 bridgehead atoms. The van der Waals surface area contributed by atoms with Crippen molar-refractivity contribution in [1.29, 1.82) is 0 Å². The van der Waals surface area contributed by atoms with E-state index in [1.165, 1.54) is 13.1 Å². The number of ketones is 1. The number of hydrogen-bond acceptors (Lipinski definition) is 7. The highest BCUT2D eigenvalue weighted by atomic mass is 32.2. The van der Waals surface area contributed by atoms with Crippen molar-refractivity contribution in [3.8, 4) is 0 Å². The predicted molar refractivity (Wildman–Crippen MR) is 112 cm³/mol. The number of thiazole rings is 1. The number of amides is 2. The van der Waals surface area contributed by atoms with Gasteiger partial charge in [-0.3, -0.25) is 4.79 Å². The maximum absolute atomic E-state index is 12.9. The van der Waals surface area contributed by atoms with Gasteiger partial charge in [0.25, 0.3) is 0 Å². The number of aliphatic hydroxyl groups is 2. The molecule has 2 amide bonds. The molecule has 0 saturated heterocycles. The number of benzene rings is 1. The summed E-state index contributed by atoms with van der Waals surface area (Å²) in [5.74, 6) is -0.0261. The molecule has 0 spiro atoms. The third kappa shape index (κ3) is 3.67. The molecule has 2 aliphatic carbocycles. The zero-order valence-corrected chi connectivity index (χ0v) is 17.9. The monoisotopic (exact) mass is 450 g/mol. The summed E-state index contributed by atoms with van der Waals surface area (Å²) in [6.45, 7) is 0.771. The van der Waals surface area contributed by atoms with Gasteiger partial charge in [-0.05, 0) is 49.3 Å². The Morgan fingerprint density at radius 3 is 2.87 bits per heavy atom. The lowest BCUT2D eigenvalue weighted by atomic mass is 9.98. The second-order valence-electron chi connectivity index (χ2n) is 7.71. The Labute approximate surface area is 177 Å². The molecule has 1 aromatic carbocycles. The number of rotatable bonds is 4. The lowest BCUT2D eigenvalue weighted by molar-refractivity contribution is -0.00244. The molecular formula is C19H22N4O5S2. The van der Waals surface area contributed by atoms with Crippen molar-refractivity contribution in [1.82, 2.24) is 4.98 Å². The van der Waals surface area contributed by atoms with E-state index in [1.54, 1.807) is 0 Å². The highest BCUT2D eigenvalue weighted by Crippen LogP contribution is 2.38. The summed E-state index contributed by atoms with van der Waals surface area (Å²) in [7, 11) is -3.63. The minimum absolute atomic E-state index is 0.000899. The number of nitrogens with two attached hydrogens (primary N) is 1. The summed E-state index contributed by atoms with van der Waals surface area (Å²) in [5, 5.41) is 27.9. The molecule has 1 unspecified atom stereocenters. The van der Waals surface area contributed by atoms with Gasteiger partial charge >= 0.3 is 6.03 Å². The summed E-state index contributed by atoms with van der Waals surface area (Å²) in [6, 6.07) is 1.14. The Balaban J connectivity index is 1.67. The second kappa shape index (κ2) is 7.50. The fraction of sp³-hybridized carbons (Fsp3) is 0.421. The normalized spacial score (nSPS) is 19.0. The molecule has 5 N–H and O–H groups in total. The van der Waals surface area contributed by atoms with Crippen LogP contribution in [0.3, 0.4) is 0 Å². The SMILES string of the molecule is C[C@](O)(CO)c1ncc(S(N)(=O)=NC(=O)Nc2c3c(cc4c2C(=O)CC4)CCC3)s1. The number of carbonyl (C=O) groups excluding carboxylic acids is 2. The average Bonchev–Trinajstić information content (AvgIpc) is 3.41. The molecule has 0 fully saturated rings. The summed E-state index contributed by atoms with van der Waals surface area (Å²) >= 11 is 0.811. The van der Waals surface area contributed by atoms with Gasteiger partial charge in [0.2, 0.25) is 0 Å². The van der Waals surface area contributed by atoms with Crippen LogP contribution >= 0.6 is 11.3 Å². The Kier molecular flexibility index (Phi) is 5.27. The van der Waals surface area contributed by atoms with E-state index in [-0.39, 0.29) is 15.0 Å². The second-order valence-corrected chi connectivity index (χ2v) is 10.8. The van der Waals surface area contributed by atoms with Gasteiger partial charge in [0.15, 0.2) is 15.7 Å². The van der Waals surface area contributed by atoms with Crippen molar-refractivity contribution in [3.05, 3.63) is 39.5 Å². The van der Waals surface area contributed by atoms with Gasteiger partial charge in [-0.2, -0.15) is 0 Å². The Hall–Kier alpha value is -2.18. The van der Waals surface area contributed by atoms with Crippen LogP contribution in [0, 0.1) is 0 Å². The molecule has 2 atom stereocenters. The van der Waals surface area contributed by atoms with E-state index in [0.717, 1.165) is 47.3 Å². The van der Waals surface area contributed by atoms with Crippen LogP contribution < -0.4 is 10.5 Å². The summed E-state index contributed by atoms with van der Waals surface area (Å²) in [5.41, 5.74) is 2.32. The zero-order chi connectivity index (χ0) is 21.7. The molecule has 0 aliphatic heterocycles. The molecular weight excluding hydrogens is 428 g/mol. The number of Topliss-reactive ketones (excluding diaryl/α,β-unsaturated/α-hetero) is 1. The molecule has 1 heterocycles. The Bertz CT molecular complexity index is 1180. The number of nitrogens with zero attached hydrogens (tertiary/aromatic N) is 2. The number of carbonyl (C=O) groups is 2. The quantitative estimate of drug-likeness (QED) is 0.557. The third-order valence-electron chi connectivity index (χ3n) is 5.37. The minimum Gasteiger partial charge on any atom is -0.393 e. The van der Waals surface area contributed by atoms with Gasteiger partial charge in [-0.15, -0.1) is 15.7 Å². The lowest BCUT2D eigenvalue weighted by Gasteiger charge is -2.16. The van der Waals surface area contributed by atoms with Crippen LogP contribution in [-0.2, 0) is 34.8 Å². The first-order chi connectivity index (χ1) is 14.1. The fourth-order valence-electron chi connectivity index (χ4n) is 3.84. The van der Waals surface area contributed by atoms with Crippen molar-refractivity contribution in [2.75, 3.05) is 11.9 Å². The highest BCUT2D eigenvalue weighted by molar-refractivity contribution is 7.93. The number of urea groups is 1. The maximum atomic E-state index is 12.9. The number of aryl methyl sites for hydroxylation is 2. The molecule has 0 saturated carbocycles.